The second-order valence-electron chi connectivity index (χ2n) is 3.43. The molecule has 110 valence electrons. The smallest absolute Gasteiger partial charge is 0.329 e. The fourth-order valence-corrected chi connectivity index (χ4v) is 1.97. The predicted molar refractivity (Wildman–Crippen MR) is 67.6 cm³/mol. The summed E-state index contributed by atoms with van der Waals surface area (Å²) in [6.07, 6.45) is -3.06. The number of hydrogen-bond donors (Lipinski definition) is 2. The topological polar surface area (TPSA) is 71.1 Å². The van der Waals surface area contributed by atoms with Gasteiger partial charge in [0.25, 0.3) is 0 Å². The number of urea groups is 1. The molecule has 0 saturated carbocycles. The van der Waals surface area contributed by atoms with Gasteiger partial charge in [-0.3, -0.25) is 10.1 Å². The molecule has 0 unspecified atom stereocenters. The summed E-state index contributed by atoms with van der Waals surface area (Å²) in [5.74, 6) is -0.952. The summed E-state index contributed by atoms with van der Waals surface area (Å²) < 4.78 is 35.4. The van der Waals surface area contributed by atoms with E-state index in [-0.39, 0.29) is 5.75 Å². The van der Waals surface area contributed by atoms with Crippen LogP contribution in [0.1, 0.15) is 0 Å². The van der Waals surface area contributed by atoms with Crippen LogP contribution in [0.5, 0.6) is 0 Å². The lowest BCUT2D eigenvalue weighted by Crippen LogP contribution is -2.43. The third-order valence-electron chi connectivity index (χ3n) is 1.77. The maximum Gasteiger partial charge on any atom is 0.405 e. The van der Waals surface area contributed by atoms with Crippen LogP contribution in [0.2, 0.25) is 5.02 Å². The number of thioether (sulfide) groups is 1. The zero-order valence-electron chi connectivity index (χ0n) is 9.83. The molecule has 0 atom stereocenters. The van der Waals surface area contributed by atoms with Crippen molar-refractivity contribution in [3.05, 3.63) is 23.4 Å². The van der Waals surface area contributed by atoms with Crippen molar-refractivity contribution in [3.8, 4) is 0 Å². The molecule has 5 nitrogen and oxygen atoms in total. The minimum absolute atomic E-state index is 0.198. The first-order chi connectivity index (χ1) is 9.28. The number of carbonyl (C=O) groups excluding carboxylic acids is 2. The first kappa shape index (κ1) is 16.6. The van der Waals surface area contributed by atoms with Crippen LogP contribution in [0.15, 0.2) is 23.4 Å². The van der Waals surface area contributed by atoms with Crippen LogP contribution < -0.4 is 10.6 Å². The summed E-state index contributed by atoms with van der Waals surface area (Å²) in [6, 6.07) is 1.97. The molecule has 2 N–H and O–H groups in total. The van der Waals surface area contributed by atoms with Crippen LogP contribution in [0.3, 0.4) is 0 Å². The first-order valence-corrected chi connectivity index (χ1v) is 6.52. The number of amides is 3. The normalized spacial score (nSPS) is 11.0. The van der Waals surface area contributed by atoms with E-state index in [0.717, 1.165) is 11.8 Å². The summed E-state index contributed by atoms with van der Waals surface area (Å²) in [5, 5.41) is 4.01. The average molecular weight is 328 g/mol. The summed E-state index contributed by atoms with van der Waals surface area (Å²) in [4.78, 5) is 26.2. The van der Waals surface area contributed by atoms with Gasteiger partial charge in [0.1, 0.15) is 11.6 Å². The lowest BCUT2D eigenvalue weighted by Gasteiger charge is -2.09. The zero-order valence-corrected chi connectivity index (χ0v) is 11.4. The SMILES string of the molecule is O=C(CSc1ncccc1Cl)NC(=O)NCC(F)(F)F. The van der Waals surface area contributed by atoms with Gasteiger partial charge in [-0.25, -0.2) is 9.78 Å². The van der Waals surface area contributed by atoms with Crippen LogP contribution in [0.25, 0.3) is 0 Å². The number of pyridine rings is 1. The third kappa shape index (κ3) is 6.62. The van der Waals surface area contributed by atoms with Gasteiger partial charge in [-0.1, -0.05) is 23.4 Å². The highest BCUT2D eigenvalue weighted by atomic mass is 35.5. The van der Waals surface area contributed by atoms with Gasteiger partial charge in [-0.05, 0) is 12.1 Å². The van der Waals surface area contributed by atoms with Crippen molar-refractivity contribution in [1.29, 1.82) is 0 Å². The number of nitrogens with one attached hydrogen (secondary N) is 2. The Morgan fingerprint density at radius 1 is 1.40 bits per heavy atom. The Morgan fingerprint density at radius 2 is 2.10 bits per heavy atom. The van der Waals surface area contributed by atoms with Crippen molar-refractivity contribution in [2.75, 3.05) is 12.3 Å². The molecule has 1 rings (SSSR count). The van der Waals surface area contributed by atoms with E-state index in [4.69, 9.17) is 11.6 Å². The van der Waals surface area contributed by atoms with Gasteiger partial charge in [0.05, 0.1) is 10.8 Å². The number of imide groups is 1. The number of aromatic nitrogens is 1. The number of carbonyl (C=O) groups is 2. The Morgan fingerprint density at radius 3 is 2.70 bits per heavy atom. The van der Waals surface area contributed by atoms with Crippen LogP contribution in [-0.2, 0) is 4.79 Å². The highest BCUT2D eigenvalue weighted by molar-refractivity contribution is 8.00. The summed E-state index contributed by atoms with van der Waals surface area (Å²) >= 11 is 6.76. The first-order valence-electron chi connectivity index (χ1n) is 5.15. The van der Waals surface area contributed by atoms with Gasteiger partial charge in [-0.15, -0.1) is 0 Å². The molecule has 0 spiro atoms. The van der Waals surface area contributed by atoms with E-state index in [1.165, 1.54) is 11.5 Å². The number of halogens is 4. The fourth-order valence-electron chi connectivity index (χ4n) is 0.999. The van der Waals surface area contributed by atoms with Crippen molar-refractivity contribution >= 4 is 35.3 Å². The molecule has 0 saturated heterocycles. The average Bonchev–Trinajstić information content (AvgIpc) is 2.35. The largest absolute Gasteiger partial charge is 0.405 e. The monoisotopic (exact) mass is 327 g/mol. The van der Waals surface area contributed by atoms with Crippen molar-refractivity contribution in [2.24, 2.45) is 0 Å². The number of hydrogen-bond acceptors (Lipinski definition) is 4. The van der Waals surface area contributed by atoms with Crippen molar-refractivity contribution in [3.63, 3.8) is 0 Å². The van der Waals surface area contributed by atoms with E-state index >= 15 is 0 Å². The van der Waals surface area contributed by atoms with Crippen molar-refractivity contribution in [1.82, 2.24) is 15.6 Å². The molecule has 1 aromatic heterocycles. The summed E-state index contributed by atoms with van der Waals surface area (Å²) in [6.45, 7) is -1.51. The van der Waals surface area contributed by atoms with Gasteiger partial charge in [0.2, 0.25) is 5.91 Å². The predicted octanol–water partition coefficient (Wildman–Crippen LogP) is 2.22. The van der Waals surface area contributed by atoms with Crippen LogP contribution >= 0.6 is 23.4 Å². The molecule has 1 heterocycles. The van der Waals surface area contributed by atoms with Gasteiger partial charge >= 0.3 is 12.2 Å². The number of rotatable bonds is 4. The lowest BCUT2D eigenvalue weighted by atomic mass is 10.5. The molecular weight excluding hydrogens is 319 g/mol. The van der Waals surface area contributed by atoms with Crippen molar-refractivity contribution in [2.45, 2.75) is 11.2 Å². The highest BCUT2D eigenvalue weighted by Gasteiger charge is 2.27. The third-order valence-corrected chi connectivity index (χ3v) is 3.19. The molecule has 3 amide bonds. The number of nitrogens with zero attached hydrogens (tertiary/aromatic N) is 1. The van der Waals surface area contributed by atoms with Gasteiger partial charge in [0, 0.05) is 6.20 Å². The molecule has 0 bridgehead atoms. The molecule has 10 heteroatoms. The lowest BCUT2D eigenvalue weighted by molar-refractivity contribution is -0.124. The Bertz CT molecular complexity index is 499. The molecule has 0 aliphatic heterocycles. The molecule has 0 radical (unpaired) electrons. The van der Waals surface area contributed by atoms with Crippen molar-refractivity contribution < 1.29 is 22.8 Å². The van der Waals surface area contributed by atoms with Crippen LogP contribution in [0, 0.1) is 0 Å². The van der Waals surface area contributed by atoms with Crippen LogP contribution in [-0.4, -0.2) is 35.4 Å². The van der Waals surface area contributed by atoms with Gasteiger partial charge in [-0.2, -0.15) is 13.2 Å². The second-order valence-corrected chi connectivity index (χ2v) is 4.80. The standard InChI is InChI=1S/C10H9ClF3N3O2S/c11-6-2-1-3-15-8(6)20-4-7(18)17-9(19)16-5-10(12,13)14/h1-3H,4-5H2,(H2,16,17,18,19). The molecule has 0 aliphatic rings. The molecular formula is C10H9ClF3N3O2S. The molecule has 1 aromatic rings. The summed E-state index contributed by atoms with van der Waals surface area (Å²) in [7, 11) is 0. The maximum atomic E-state index is 11.8. The van der Waals surface area contributed by atoms with E-state index in [9.17, 15) is 22.8 Å². The van der Waals surface area contributed by atoms with E-state index < -0.39 is 24.7 Å². The fraction of sp³-hybridized carbons (Fsp3) is 0.300. The minimum Gasteiger partial charge on any atom is -0.329 e. The Labute approximate surface area is 121 Å². The van der Waals surface area contributed by atoms with E-state index in [0.29, 0.717) is 10.0 Å². The minimum atomic E-state index is -4.53. The second kappa shape index (κ2) is 7.34. The Balaban J connectivity index is 2.34. The van der Waals surface area contributed by atoms with Crippen LogP contribution in [0.4, 0.5) is 18.0 Å². The molecule has 20 heavy (non-hydrogen) atoms. The Hall–Kier alpha value is -1.48. The van der Waals surface area contributed by atoms with Gasteiger partial charge in [0.15, 0.2) is 0 Å². The summed E-state index contributed by atoms with van der Waals surface area (Å²) in [5.41, 5.74) is 0. The van der Waals surface area contributed by atoms with E-state index in [1.54, 1.807) is 17.4 Å². The Kier molecular flexibility index (Phi) is 6.08. The van der Waals surface area contributed by atoms with E-state index in [1.807, 2.05) is 0 Å². The molecule has 0 fully saturated rings. The maximum absolute atomic E-state index is 11.8. The zero-order chi connectivity index (χ0) is 15.2. The highest BCUT2D eigenvalue weighted by Crippen LogP contribution is 2.23. The van der Waals surface area contributed by atoms with E-state index in [2.05, 4.69) is 4.98 Å². The quantitative estimate of drug-likeness (QED) is 0.832. The van der Waals surface area contributed by atoms with Gasteiger partial charge < -0.3 is 5.32 Å². The molecule has 0 aromatic carbocycles. The number of alkyl halides is 3. The molecule has 0 aliphatic carbocycles.